The van der Waals surface area contributed by atoms with Gasteiger partial charge in [0, 0.05) is 4.83 Å². The zero-order valence-corrected chi connectivity index (χ0v) is 10.6. The lowest BCUT2D eigenvalue weighted by atomic mass is 9.97. The van der Waals surface area contributed by atoms with Crippen LogP contribution in [0.3, 0.4) is 0 Å². The van der Waals surface area contributed by atoms with Crippen LogP contribution in [0.25, 0.3) is 0 Å². The maximum absolute atomic E-state index is 3.72. The number of benzene rings is 1. The lowest BCUT2D eigenvalue weighted by Crippen LogP contribution is -2.10. The van der Waals surface area contributed by atoms with Gasteiger partial charge in [0.1, 0.15) is 0 Å². The van der Waals surface area contributed by atoms with Crippen LogP contribution in [0.4, 0.5) is 0 Å². The molecule has 0 spiro atoms. The molecular weight excluding hydrogens is 236 g/mol. The van der Waals surface area contributed by atoms with Crippen LogP contribution in [-0.4, -0.2) is 4.83 Å². The molecule has 14 heavy (non-hydrogen) atoms. The highest BCUT2D eigenvalue weighted by Gasteiger charge is 2.11. The first-order chi connectivity index (χ1) is 6.74. The van der Waals surface area contributed by atoms with E-state index in [0.29, 0.717) is 4.83 Å². The van der Waals surface area contributed by atoms with Crippen LogP contribution >= 0.6 is 15.9 Å². The zero-order valence-electron chi connectivity index (χ0n) is 9.04. The highest BCUT2D eigenvalue weighted by atomic mass is 79.9. The summed E-state index contributed by atoms with van der Waals surface area (Å²) in [5, 5.41) is 0. The van der Waals surface area contributed by atoms with Crippen molar-refractivity contribution in [2.45, 2.75) is 37.9 Å². The van der Waals surface area contributed by atoms with E-state index in [-0.39, 0.29) is 0 Å². The van der Waals surface area contributed by atoms with Crippen molar-refractivity contribution in [3.05, 3.63) is 35.9 Å². The molecule has 1 aromatic rings. The Kier molecular flexibility index (Phi) is 5.24. The Bertz CT molecular complexity index is 243. The lowest BCUT2D eigenvalue weighted by Gasteiger charge is -2.16. The fraction of sp³-hybridized carbons (Fsp3) is 0.538. The molecule has 0 nitrogen and oxygen atoms in total. The maximum atomic E-state index is 3.72. The molecule has 0 saturated heterocycles. The van der Waals surface area contributed by atoms with Crippen molar-refractivity contribution in [1.29, 1.82) is 0 Å². The van der Waals surface area contributed by atoms with Gasteiger partial charge in [-0.25, -0.2) is 0 Å². The van der Waals surface area contributed by atoms with Gasteiger partial charge in [0.05, 0.1) is 0 Å². The Morgan fingerprint density at radius 3 is 2.43 bits per heavy atom. The molecule has 0 heterocycles. The van der Waals surface area contributed by atoms with E-state index in [0.717, 1.165) is 5.92 Å². The number of rotatable bonds is 5. The number of hydrogen-bond donors (Lipinski definition) is 0. The van der Waals surface area contributed by atoms with Crippen molar-refractivity contribution in [1.82, 2.24) is 0 Å². The molecule has 1 rings (SSSR count). The Morgan fingerprint density at radius 1 is 1.21 bits per heavy atom. The average molecular weight is 255 g/mol. The summed E-state index contributed by atoms with van der Waals surface area (Å²) in [7, 11) is 0. The molecular formula is C13H19Br. The summed E-state index contributed by atoms with van der Waals surface area (Å²) in [6, 6.07) is 10.7. The van der Waals surface area contributed by atoms with Crippen LogP contribution in [0, 0.1) is 5.92 Å². The molecule has 78 valence electrons. The summed E-state index contributed by atoms with van der Waals surface area (Å²) in [6.07, 6.45) is 3.69. The Hall–Kier alpha value is -0.300. The molecule has 0 radical (unpaired) electrons. The minimum Gasteiger partial charge on any atom is -0.0888 e. The maximum Gasteiger partial charge on any atom is 0.0168 e. The monoisotopic (exact) mass is 254 g/mol. The number of hydrogen-bond acceptors (Lipinski definition) is 0. The summed E-state index contributed by atoms with van der Waals surface area (Å²) >= 11 is 3.72. The van der Waals surface area contributed by atoms with Crippen LogP contribution in [0.2, 0.25) is 0 Å². The lowest BCUT2D eigenvalue weighted by molar-refractivity contribution is 0.506. The fourth-order valence-corrected chi connectivity index (χ4v) is 1.89. The van der Waals surface area contributed by atoms with E-state index in [2.05, 4.69) is 60.1 Å². The highest BCUT2D eigenvalue weighted by molar-refractivity contribution is 9.09. The first-order valence-electron chi connectivity index (χ1n) is 5.42. The van der Waals surface area contributed by atoms with Crippen LogP contribution in [0.5, 0.6) is 0 Å². The smallest absolute Gasteiger partial charge is 0.0168 e. The van der Waals surface area contributed by atoms with Gasteiger partial charge in [-0.3, -0.25) is 0 Å². The third kappa shape index (κ3) is 3.83. The van der Waals surface area contributed by atoms with Crippen LogP contribution in [0.1, 0.15) is 32.3 Å². The third-order valence-electron chi connectivity index (χ3n) is 2.74. The molecule has 0 aliphatic carbocycles. The number of alkyl halides is 1. The minimum atomic E-state index is 0.672. The van der Waals surface area contributed by atoms with Crippen LogP contribution < -0.4 is 0 Å². The Morgan fingerprint density at radius 2 is 1.86 bits per heavy atom. The molecule has 1 heteroatoms. The van der Waals surface area contributed by atoms with Gasteiger partial charge in [0.25, 0.3) is 0 Å². The van der Waals surface area contributed by atoms with Crippen molar-refractivity contribution in [3.8, 4) is 0 Å². The predicted octanol–water partition coefficient (Wildman–Crippen LogP) is 4.43. The second-order valence-corrected chi connectivity index (χ2v) is 5.10. The average Bonchev–Trinajstić information content (AvgIpc) is 2.26. The molecule has 2 atom stereocenters. The van der Waals surface area contributed by atoms with Gasteiger partial charge < -0.3 is 0 Å². The van der Waals surface area contributed by atoms with Gasteiger partial charge in [-0.05, 0) is 30.7 Å². The highest BCUT2D eigenvalue weighted by Crippen LogP contribution is 2.21. The van der Waals surface area contributed by atoms with E-state index in [1.165, 1.54) is 24.8 Å². The van der Waals surface area contributed by atoms with Gasteiger partial charge in [-0.1, -0.05) is 60.1 Å². The van der Waals surface area contributed by atoms with Gasteiger partial charge in [-0.2, -0.15) is 0 Å². The topological polar surface area (TPSA) is 0 Å². The molecule has 0 aliphatic heterocycles. The van der Waals surface area contributed by atoms with E-state index >= 15 is 0 Å². The van der Waals surface area contributed by atoms with Gasteiger partial charge in [-0.15, -0.1) is 0 Å². The van der Waals surface area contributed by atoms with E-state index in [4.69, 9.17) is 0 Å². The summed E-state index contributed by atoms with van der Waals surface area (Å²) < 4.78 is 0. The van der Waals surface area contributed by atoms with Crippen molar-refractivity contribution in [2.24, 2.45) is 5.92 Å². The Labute approximate surface area is 95.9 Å². The van der Waals surface area contributed by atoms with Crippen molar-refractivity contribution in [2.75, 3.05) is 0 Å². The normalized spacial score (nSPS) is 15.1. The minimum absolute atomic E-state index is 0.672. The molecule has 0 aliphatic rings. The van der Waals surface area contributed by atoms with Gasteiger partial charge in [0.15, 0.2) is 0 Å². The van der Waals surface area contributed by atoms with Gasteiger partial charge >= 0.3 is 0 Å². The Balaban J connectivity index is 2.34. The summed E-state index contributed by atoms with van der Waals surface area (Å²) in [4.78, 5) is 0.672. The third-order valence-corrected chi connectivity index (χ3v) is 4.29. The van der Waals surface area contributed by atoms with E-state index in [1.807, 2.05) is 0 Å². The largest absolute Gasteiger partial charge is 0.0888 e. The van der Waals surface area contributed by atoms with Gasteiger partial charge in [0.2, 0.25) is 0 Å². The first-order valence-corrected chi connectivity index (χ1v) is 6.33. The number of halogens is 1. The predicted molar refractivity (Wildman–Crippen MR) is 66.9 cm³/mol. The van der Waals surface area contributed by atoms with Crippen LogP contribution in [-0.2, 0) is 6.42 Å². The van der Waals surface area contributed by atoms with E-state index in [1.54, 1.807) is 0 Å². The standard InChI is InChI=1S/C13H19Br/c1-3-13(14)11(2)9-10-12-7-5-4-6-8-12/h4-8,11,13H,3,9-10H2,1-2H3. The van der Waals surface area contributed by atoms with Crippen molar-refractivity contribution >= 4 is 15.9 Å². The SMILES string of the molecule is CCC(Br)C(C)CCc1ccccc1. The summed E-state index contributed by atoms with van der Waals surface area (Å²) in [6.45, 7) is 4.56. The summed E-state index contributed by atoms with van der Waals surface area (Å²) in [5.41, 5.74) is 1.45. The molecule has 0 fully saturated rings. The van der Waals surface area contributed by atoms with Crippen LogP contribution in [0.15, 0.2) is 30.3 Å². The molecule has 1 aromatic carbocycles. The summed E-state index contributed by atoms with van der Waals surface area (Å²) in [5.74, 6) is 0.764. The van der Waals surface area contributed by atoms with Crippen molar-refractivity contribution in [3.63, 3.8) is 0 Å². The van der Waals surface area contributed by atoms with Crippen molar-refractivity contribution < 1.29 is 0 Å². The zero-order chi connectivity index (χ0) is 10.4. The molecule has 0 N–H and O–H groups in total. The van der Waals surface area contributed by atoms with E-state index < -0.39 is 0 Å². The first kappa shape index (κ1) is 11.8. The number of aryl methyl sites for hydroxylation is 1. The molecule has 0 saturated carbocycles. The quantitative estimate of drug-likeness (QED) is 0.683. The second kappa shape index (κ2) is 6.23. The molecule has 0 bridgehead atoms. The fourth-order valence-electron chi connectivity index (χ4n) is 1.62. The second-order valence-electron chi connectivity index (χ2n) is 3.93. The molecule has 2 unspecified atom stereocenters. The van der Waals surface area contributed by atoms with E-state index in [9.17, 15) is 0 Å². The molecule has 0 amide bonds. The molecule has 0 aromatic heterocycles.